The lowest BCUT2D eigenvalue weighted by Gasteiger charge is -2.11. The van der Waals surface area contributed by atoms with Crippen LogP contribution in [0, 0.1) is 0 Å². The van der Waals surface area contributed by atoms with Gasteiger partial charge in [0.05, 0.1) is 22.1 Å². The summed E-state index contributed by atoms with van der Waals surface area (Å²) in [5.41, 5.74) is 10.0. The zero-order valence-electron chi connectivity index (χ0n) is 23.8. The second-order valence-electron chi connectivity index (χ2n) is 11.1. The third-order valence-corrected chi connectivity index (χ3v) is 8.60. The van der Waals surface area contributed by atoms with Crippen molar-refractivity contribution in [2.45, 2.75) is 0 Å². The Labute approximate surface area is 254 Å². The number of benzene rings is 6. The molecule has 0 N–H and O–H groups in total. The zero-order chi connectivity index (χ0) is 29.0. The van der Waals surface area contributed by atoms with E-state index in [1.165, 1.54) is 38.1 Å². The van der Waals surface area contributed by atoms with Crippen molar-refractivity contribution in [2.75, 3.05) is 0 Å². The van der Waals surface area contributed by atoms with Crippen LogP contribution in [0.15, 0.2) is 158 Å². The summed E-state index contributed by atoms with van der Waals surface area (Å²) in [6, 6.07) is 51.5. The Morgan fingerprint density at radius 1 is 0.341 bits per heavy atom. The van der Waals surface area contributed by atoms with E-state index < -0.39 is 0 Å². The molecule has 0 saturated carbocycles. The molecule has 0 aliphatic heterocycles. The maximum atomic E-state index is 4.76. The minimum absolute atomic E-state index is 0.707. The molecule has 0 saturated heterocycles. The first-order valence-corrected chi connectivity index (χ1v) is 14.8. The summed E-state index contributed by atoms with van der Waals surface area (Å²) in [5, 5.41) is 4.97. The average molecular weight is 563 g/mol. The van der Waals surface area contributed by atoms with Crippen LogP contribution in [-0.4, -0.2) is 19.1 Å². The number of para-hydroxylation sites is 3. The Bertz CT molecular complexity index is 2470. The Morgan fingerprint density at radius 3 is 1.52 bits per heavy atom. The van der Waals surface area contributed by atoms with Crippen LogP contribution in [0.2, 0.25) is 0 Å². The van der Waals surface area contributed by atoms with E-state index in [1.54, 1.807) is 0 Å². The maximum absolute atomic E-state index is 4.76. The molecule has 206 valence electrons. The summed E-state index contributed by atoms with van der Waals surface area (Å²) in [6.45, 7) is 0. The predicted octanol–water partition coefficient (Wildman–Crippen LogP) is 10.0. The Balaban J connectivity index is 1.27. The summed E-state index contributed by atoms with van der Waals surface area (Å²) in [7, 11) is 0. The highest BCUT2D eigenvalue weighted by molar-refractivity contribution is 6.19. The largest absolute Gasteiger partial charge is 0.309 e. The number of aromatic nitrogens is 4. The highest BCUT2D eigenvalue weighted by atomic mass is 15.0. The van der Waals surface area contributed by atoms with Crippen LogP contribution in [0.25, 0.3) is 77.5 Å². The quantitative estimate of drug-likeness (QED) is 0.214. The van der Waals surface area contributed by atoms with Crippen LogP contribution in [0.1, 0.15) is 0 Å². The Kier molecular flexibility index (Phi) is 5.47. The lowest BCUT2D eigenvalue weighted by molar-refractivity contribution is 1.15. The van der Waals surface area contributed by atoms with Gasteiger partial charge < -0.3 is 9.13 Å². The van der Waals surface area contributed by atoms with Gasteiger partial charge in [-0.1, -0.05) is 97.1 Å². The third kappa shape index (κ3) is 3.78. The summed E-state index contributed by atoms with van der Waals surface area (Å²) in [5.74, 6) is 0.707. The monoisotopic (exact) mass is 562 g/mol. The molecular formula is C40H26N4. The number of fused-ring (bicyclic) bond motifs is 6. The molecule has 9 rings (SSSR count). The van der Waals surface area contributed by atoms with Crippen molar-refractivity contribution >= 4 is 43.6 Å². The van der Waals surface area contributed by atoms with Gasteiger partial charge in [-0.3, -0.25) is 0 Å². The lowest BCUT2D eigenvalue weighted by Crippen LogP contribution is -1.97. The van der Waals surface area contributed by atoms with Crippen molar-refractivity contribution in [2.24, 2.45) is 0 Å². The molecule has 0 radical (unpaired) electrons. The first-order chi connectivity index (χ1) is 21.8. The first kappa shape index (κ1) is 24.6. The average Bonchev–Trinajstić information content (AvgIpc) is 3.60. The highest BCUT2D eigenvalue weighted by Gasteiger charge is 2.18. The summed E-state index contributed by atoms with van der Waals surface area (Å²) in [6.07, 6.45) is 3.81. The van der Waals surface area contributed by atoms with Crippen LogP contribution in [0.4, 0.5) is 0 Å². The van der Waals surface area contributed by atoms with Crippen LogP contribution in [0.5, 0.6) is 0 Å². The minimum Gasteiger partial charge on any atom is -0.309 e. The van der Waals surface area contributed by atoms with Crippen LogP contribution in [0.3, 0.4) is 0 Å². The third-order valence-electron chi connectivity index (χ3n) is 8.60. The molecule has 4 nitrogen and oxygen atoms in total. The van der Waals surface area contributed by atoms with E-state index in [2.05, 4.69) is 137 Å². The molecule has 9 aromatic rings. The fraction of sp³-hybridized carbons (Fsp3) is 0. The van der Waals surface area contributed by atoms with Crippen LogP contribution in [-0.2, 0) is 0 Å². The molecule has 0 bridgehead atoms. The van der Waals surface area contributed by atoms with Gasteiger partial charge in [0, 0.05) is 56.4 Å². The van der Waals surface area contributed by atoms with E-state index in [9.17, 15) is 0 Å². The number of rotatable bonds is 4. The van der Waals surface area contributed by atoms with Crippen LogP contribution < -0.4 is 0 Å². The molecule has 0 aliphatic rings. The summed E-state index contributed by atoms with van der Waals surface area (Å²) < 4.78 is 4.75. The van der Waals surface area contributed by atoms with E-state index in [-0.39, 0.29) is 0 Å². The van der Waals surface area contributed by atoms with E-state index in [4.69, 9.17) is 9.97 Å². The van der Waals surface area contributed by atoms with Gasteiger partial charge in [-0.05, 0) is 54.1 Å². The zero-order valence-corrected chi connectivity index (χ0v) is 23.8. The number of nitrogens with zero attached hydrogens (tertiary/aromatic N) is 4. The topological polar surface area (TPSA) is 35.6 Å². The van der Waals surface area contributed by atoms with Gasteiger partial charge in [-0.25, -0.2) is 9.97 Å². The Morgan fingerprint density at radius 2 is 0.864 bits per heavy atom. The Hall–Kier alpha value is -6.00. The van der Waals surface area contributed by atoms with Gasteiger partial charge in [-0.15, -0.1) is 0 Å². The fourth-order valence-electron chi connectivity index (χ4n) is 6.61. The number of hydrogen-bond acceptors (Lipinski definition) is 2. The molecule has 3 aromatic heterocycles. The molecule has 0 fully saturated rings. The lowest BCUT2D eigenvalue weighted by atomic mass is 10.1. The van der Waals surface area contributed by atoms with Gasteiger partial charge in [0.2, 0.25) is 0 Å². The van der Waals surface area contributed by atoms with Gasteiger partial charge in [-0.2, -0.15) is 0 Å². The van der Waals surface area contributed by atoms with Crippen molar-refractivity contribution in [3.05, 3.63) is 158 Å². The van der Waals surface area contributed by atoms with Crippen molar-refractivity contribution in [1.29, 1.82) is 0 Å². The van der Waals surface area contributed by atoms with E-state index in [1.807, 2.05) is 30.6 Å². The second-order valence-corrected chi connectivity index (χ2v) is 11.1. The van der Waals surface area contributed by atoms with E-state index in [0.29, 0.717) is 5.82 Å². The molecule has 44 heavy (non-hydrogen) atoms. The van der Waals surface area contributed by atoms with Gasteiger partial charge >= 0.3 is 0 Å². The molecule has 0 aliphatic carbocycles. The smallest absolute Gasteiger partial charge is 0.159 e. The van der Waals surface area contributed by atoms with Crippen molar-refractivity contribution < 1.29 is 0 Å². The molecule has 3 heterocycles. The standard InChI is InChI=1S/C40H26N4/c1-3-12-27(13-4-1)29-25-41-40(42-26-29)28-14-11-17-31(22-28)44-37-21-10-8-19-33(37)35-23-34-32-18-7-9-20-36(32)43(38(34)24-39(35)44)30-15-5-2-6-16-30/h1-26H. The minimum atomic E-state index is 0.707. The molecule has 4 heteroatoms. The second kappa shape index (κ2) is 9.79. The van der Waals surface area contributed by atoms with Crippen molar-refractivity contribution in [3.8, 4) is 33.9 Å². The molecule has 0 spiro atoms. The van der Waals surface area contributed by atoms with Crippen molar-refractivity contribution in [3.63, 3.8) is 0 Å². The fourth-order valence-corrected chi connectivity index (χ4v) is 6.61. The SMILES string of the molecule is c1ccc(-c2cnc(-c3cccc(-n4c5ccccc5c5cc6c7ccccc7n(-c7ccccc7)c6cc54)c3)nc2)cc1. The van der Waals surface area contributed by atoms with Gasteiger partial charge in [0.15, 0.2) is 5.82 Å². The first-order valence-electron chi connectivity index (χ1n) is 14.8. The van der Waals surface area contributed by atoms with E-state index >= 15 is 0 Å². The molecule has 0 unspecified atom stereocenters. The summed E-state index contributed by atoms with van der Waals surface area (Å²) >= 11 is 0. The molecule has 0 atom stereocenters. The molecular weight excluding hydrogens is 536 g/mol. The predicted molar refractivity (Wildman–Crippen MR) is 182 cm³/mol. The highest BCUT2D eigenvalue weighted by Crippen LogP contribution is 2.39. The molecule has 6 aromatic carbocycles. The molecule has 0 amide bonds. The van der Waals surface area contributed by atoms with Gasteiger partial charge in [0.25, 0.3) is 0 Å². The normalized spacial score (nSPS) is 11.6. The van der Waals surface area contributed by atoms with Gasteiger partial charge in [0.1, 0.15) is 0 Å². The maximum Gasteiger partial charge on any atom is 0.159 e. The van der Waals surface area contributed by atoms with E-state index in [0.717, 1.165) is 33.6 Å². The number of hydrogen-bond donors (Lipinski definition) is 0. The summed E-state index contributed by atoms with van der Waals surface area (Å²) in [4.78, 5) is 9.52. The van der Waals surface area contributed by atoms with Crippen molar-refractivity contribution in [1.82, 2.24) is 19.1 Å². The van der Waals surface area contributed by atoms with Crippen LogP contribution >= 0.6 is 0 Å².